The van der Waals surface area contributed by atoms with Crippen LogP contribution in [-0.2, 0) is 11.2 Å². The second kappa shape index (κ2) is 6.76. The van der Waals surface area contributed by atoms with E-state index in [1.165, 1.54) is 0 Å². The van der Waals surface area contributed by atoms with E-state index in [4.69, 9.17) is 5.73 Å². The van der Waals surface area contributed by atoms with Gasteiger partial charge in [-0.2, -0.15) is 0 Å². The van der Waals surface area contributed by atoms with Crippen LogP contribution >= 0.6 is 0 Å². The van der Waals surface area contributed by atoms with E-state index >= 15 is 0 Å². The number of fused-ring (bicyclic) bond motifs is 1. The van der Waals surface area contributed by atoms with Crippen LogP contribution < -0.4 is 5.73 Å². The van der Waals surface area contributed by atoms with Crippen LogP contribution in [0.4, 0.5) is 0 Å². The fourth-order valence-electron chi connectivity index (χ4n) is 2.65. The van der Waals surface area contributed by atoms with Gasteiger partial charge in [0.15, 0.2) is 0 Å². The summed E-state index contributed by atoms with van der Waals surface area (Å²) in [4.78, 5) is 15.1. The van der Waals surface area contributed by atoms with E-state index in [-0.39, 0.29) is 17.6 Å². The van der Waals surface area contributed by atoms with Crippen LogP contribution in [0, 0.1) is 5.92 Å². The van der Waals surface area contributed by atoms with Crippen LogP contribution in [0.15, 0.2) is 24.4 Å². The molecule has 0 saturated carbocycles. The van der Waals surface area contributed by atoms with Crippen molar-refractivity contribution in [2.75, 3.05) is 0 Å². The third-order valence-corrected chi connectivity index (χ3v) is 3.76. The van der Waals surface area contributed by atoms with Gasteiger partial charge < -0.3 is 15.8 Å². The number of hydrogen-bond donors (Lipinski definition) is 3. The molecule has 4 nitrogen and oxygen atoms in total. The van der Waals surface area contributed by atoms with Gasteiger partial charge in [-0.15, -0.1) is 0 Å². The number of carbonyl (C=O) groups is 1. The largest absolute Gasteiger partial charge is 0.508 e. The molecule has 0 bridgehead atoms. The van der Waals surface area contributed by atoms with Crippen LogP contribution in [0.3, 0.4) is 0 Å². The maximum absolute atomic E-state index is 12.0. The lowest BCUT2D eigenvalue weighted by atomic mass is 9.97. The molecule has 4 heteroatoms. The molecule has 1 aromatic heterocycles. The minimum atomic E-state index is -0.336. The monoisotopic (exact) mass is 288 g/mol. The van der Waals surface area contributed by atoms with E-state index in [1.807, 2.05) is 12.3 Å². The molecule has 1 atom stereocenters. The average Bonchev–Trinajstić information content (AvgIpc) is 2.80. The summed E-state index contributed by atoms with van der Waals surface area (Å²) in [5, 5.41) is 10.6. The molecular weight excluding hydrogens is 264 g/mol. The predicted octanol–water partition coefficient (Wildman–Crippen LogP) is 3.14. The number of phenolic OH excluding ortho intramolecular Hbond substituents is 1. The molecule has 0 aliphatic heterocycles. The summed E-state index contributed by atoms with van der Waals surface area (Å²) < 4.78 is 0. The number of carbonyl (C=O) groups excluding carboxylic acids is 1. The summed E-state index contributed by atoms with van der Waals surface area (Å²) in [6.07, 6.45) is 4.80. The summed E-state index contributed by atoms with van der Waals surface area (Å²) in [5.74, 6) is 0.852. The summed E-state index contributed by atoms with van der Waals surface area (Å²) in [7, 11) is 0. The Kier molecular flexibility index (Phi) is 5.02. The third-order valence-electron chi connectivity index (χ3n) is 3.76. The van der Waals surface area contributed by atoms with E-state index < -0.39 is 0 Å². The highest BCUT2D eigenvalue weighted by Crippen LogP contribution is 2.24. The van der Waals surface area contributed by atoms with Crippen molar-refractivity contribution in [1.82, 2.24) is 4.98 Å². The number of ketones is 1. The van der Waals surface area contributed by atoms with Gasteiger partial charge in [0.2, 0.25) is 0 Å². The molecule has 0 aliphatic rings. The summed E-state index contributed by atoms with van der Waals surface area (Å²) in [6.45, 7) is 4.15. The zero-order valence-electron chi connectivity index (χ0n) is 12.7. The first-order valence-electron chi connectivity index (χ1n) is 7.54. The molecule has 2 rings (SSSR count). The molecule has 4 N–H and O–H groups in total. The first-order chi connectivity index (χ1) is 9.97. The smallest absolute Gasteiger partial charge is 0.149 e. The summed E-state index contributed by atoms with van der Waals surface area (Å²) in [6, 6.07) is 4.94. The SMILES string of the molecule is CC(C)C[C@H](N)C(=O)CCCc1c[nH]c2ccc(O)cc12. The number of rotatable bonds is 7. The fraction of sp³-hybridized carbons (Fsp3) is 0.471. The zero-order chi connectivity index (χ0) is 15.4. The van der Waals surface area contributed by atoms with Crippen molar-refractivity contribution < 1.29 is 9.90 Å². The van der Waals surface area contributed by atoms with Crippen molar-refractivity contribution in [1.29, 1.82) is 0 Å². The molecule has 2 aromatic rings. The van der Waals surface area contributed by atoms with Crippen molar-refractivity contribution in [2.45, 2.75) is 45.6 Å². The number of aromatic nitrogens is 1. The van der Waals surface area contributed by atoms with Crippen molar-refractivity contribution in [3.05, 3.63) is 30.0 Å². The molecule has 0 spiro atoms. The van der Waals surface area contributed by atoms with Gasteiger partial charge in [-0.3, -0.25) is 4.79 Å². The second-order valence-electron chi connectivity index (χ2n) is 6.10. The number of hydrogen-bond acceptors (Lipinski definition) is 3. The lowest BCUT2D eigenvalue weighted by Crippen LogP contribution is -2.31. The molecule has 0 amide bonds. The van der Waals surface area contributed by atoms with Crippen LogP contribution in [0.1, 0.15) is 38.7 Å². The third kappa shape index (κ3) is 4.08. The van der Waals surface area contributed by atoms with Crippen molar-refractivity contribution in [3.63, 3.8) is 0 Å². The standard InChI is InChI=1S/C17H24N2O2/c1-11(2)8-15(18)17(21)5-3-4-12-10-19-16-7-6-13(20)9-14(12)16/h6-7,9-11,15,19-20H,3-5,8,18H2,1-2H3/t15-/m0/s1. The van der Waals surface area contributed by atoms with Crippen molar-refractivity contribution in [2.24, 2.45) is 11.7 Å². The number of benzene rings is 1. The molecule has 21 heavy (non-hydrogen) atoms. The first kappa shape index (κ1) is 15.6. The first-order valence-corrected chi connectivity index (χ1v) is 7.54. The van der Waals surface area contributed by atoms with E-state index in [0.29, 0.717) is 12.3 Å². The Hall–Kier alpha value is -1.81. The van der Waals surface area contributed by atoms with Gasteiger partial charge in [0, 0.05) is 23.5 Å². The van der Waals surface area contributed by atoms with Gasteiger partial charge in [-0.05, 0) is 48.9 Å². The quantitative estimate of drug-likeness (QED) is 0.732. The number of nitrogens with two attached hydrogens (primary N) is 1. The molecule has 114 valence electrons. The average molecular weight is 288 g/mol. The fourth-order valence-corrected chi connectivity index (χ4v) is 2.65. The summed E-state index contributed by atoms with van der Waals surface area (Å²) >= 11 is 0. The van der Waals surface area contributed by atoms with Crippen molar-refractivity contribution >= 4 is 16.7 Å². The number of aromatic hydroxyl groups is 1. The topological polar surface area (TPSA) is 79.1 Å². The van der Waals surface area contributed by atoms with E-state index in [1.54, 1.807) is 12.1 Å². The maximum Gasteiger partial charge on any atom is 0.149 e. The number of Topliss-reactive ketones (excluding diaryl/α,β-unsaturated/α-hetero) is 1. The van der Waals surface area contributed by atoms with Gasteiger partial charge in [0.1, 0.15) is 11.5 Å². The molecule has 0 aliphatic carbocycles. The minimum Gasteiger partial charge on any atom is -0.508 e. The van der Waals surface area contributed by atoms with Gasteiger partial charge >= 0.3 is 0 Å². The van der Waals surface area contributed by atoms with Crippen molar-refractivity contribution in [3.8, 4) is 5.75 Å². The number of aromatic amines is 1. The van der Waals surface area contributed by atoms with Crippen LogP contribution in [0.25, 0.3) is 10.9 Å². The van der Waals surface area contributed by atoms with E-state index in [9.17, 15) is 9.90 Å². The molecule has 0 fully saturated rings. The van der Waals surface area contributed by atoms with Crippen LogP contribution in [0.2, 0.25) is 0 Å². The lowest BCUT2D eigenvalue weighted by Gasteiger charge is -2.12. The van der Waals surface area contributed by atoms with E-state index in [2.05, 4.69) is 18.8 Å². The number of phenols is 1. The molecule has 1 aromatic carbocycles. The van der Waals surface area contributed by atoms with Crippen LogP contribution in [-0.4, -0.2) is 21.9 Å². The minimum absolute atomic E-state index is 0.145. The van der Waals surface area contributed by atoms with Gasteiger partial charge in [-0.1, -0.05) is 13.8 Å². The number of aryl methyl sites for hydroxylation is 1. The molecule has 0 saturated heterocycles. The Morgan fingerprint density at radius 1 is 1.38 bits per heavy atom. The molecule has 0 unspecified atom stereocenters. The Morgan fingerprint density at radius 2 is 2.14 bits per heavy atom. The number of nitrogens with one attached hydrogen (secondary N) is 1. The highest BCUT2D eigenvalue weighted by atomic mass is 16.3. The Morgan fingerprint density at radius 3 is 2.86 bits per heavy atom. The normalized spacial score (nSPS) is 13.0. The van der Waals surface area contributed by atoms with E-state index in [0.717, 1.165) is 35.7 Å². The molecular formula is C17H24N2O2. The Labute approximate surface area is 125 Å². The maximum atomic E-state index is 12.0. The predicted molar refractivity (Wildman–Crippen MR) is 85.3 cm³/mol. The molecule has 0 radical (unpaired) electrons. The summed E-state index contributed by atoms with van der Waals surface area (Å²) in [5.41, 5.74) is 8.04. The van der Waals surface area contributed by atoms with Gasteiger partial charge in [-0.25, -0.2) is 0 Å². The Balaban J connectivity index is 1.90. The highest BCUT2D eigenvalue weighted by Gasteiger charge is 2.14. The molecule has 1 heterocycles. The Bertz CT molecular complexity index is 616. The lowest BCUT2D eigenvalue weighted by molar-refractivity contribution is -0.120. The second-order valence-corrected chi connectivity index (χ2v) is 6.10. The van der Waals surface area contributed by atoms with Gasteiger partial charge in [0.05, 0.1) is 6.04 Å². The van der Waals surface area contributed by atoms with Crippen LogP contribution in [0.5, 0.6) is 5.75 Å². The van der Waals surface area contributed by atoms with Gasteiger partial charge in [0.25, 0.3) is 0 Å². The zero-order valence-corrected chi connectivity index (χ0v) is 12.7. The highest BCUT2D eigenvalue weighted by molar-refractivity contribution is 5.85. The number of H-pyrrole nitrogens is 1.